The van der Waals surface area contributed by atoms with Crippen LogP contribution < -0.4 is 4.74 Å². The molecule has 0 bridgehead atoms. The third-order valence-corrected chi connectivity index (χ3v) is 3.37. The van der Waals surface area contributed by atoms with Crippen LogP contribution in [0.4, 0.5) is 0 Å². The van der Waals surface area contributed by atoms with Gasteiger partial charge in [-0.25, -0.2) is 0 Å². The summed E-state index contributed by atoms with van der Waals surface area (Å²) < 4.78 is 5.45. The molecule has 0 saturated carbocycles. The molecule has 1 aliphatic rings. The van der Waals surface area contributed by atoms with Crippen molar-refractivity contribution >= 4 is 10.8 Å². The first-order valence-electron chi connectivity index (χ1n) is 7.39. The van der Waals surface area contributed by atoms with Crippen molar-refractivity contribution in [3.05, 3.63) is 41.5 Å². The van der Waals surface area contributed by atoms with Gasteiger partial charge in [0.15, 0.2) is 0 Å². The van der Waals surface area contributed by atoms with E-state index in [1.54, 1.807) is 7.11 Å². The second-order valence-corrected chi connectivity index (χ2v) is 4.30. The molecule has 0 aromatic heterocycles. The second kappa shape index (κ2) is 7.18. The Morgan fingerprint density at radius 3 is 2.32 bits per heavy atom. The van der Waals surface area contributed by atoms with Crippen LogP contribution in [0.25, 0.3) is 10.8 Å². The van der Waals surface area contributed by atoms with Gasteiger partial charge in [0.05, 0.1) is 7.11 Å². The monoisotopic (exact) mass is 258 g/mol. The maximum Gasteiger partial charge on any atom is 0.122 e. The van der Waals surface area contributed by atoms with Crippen molar-refractivity contribution in [2.24, 2.45) is 0 Å². The molecular weight excluding hydrogens is 232 g/mol. The first-order chi connectivity index (χ1) is 9.31. The highest BCUT2D eigenvalue weighted by Crippen LogP contribution is 2.43. The van der Waals surface area contributed by atoms with Crippen molar-refractivity contribution in [1.82, 2.24) is 0 Å². The summed E-state index contributed by atoms with van der Waals surface area (Å²) in [6.07, 6.45) is 1.15. The molecule has 3 rings (SSSR count). The molecule has 0 fully saturated rings. The van der Waals surface area contributed by atoms with Crippen LogP contribution >= 0.6 is 0 Å². The molecule has 1 nitrogen and oxygen atoms in total. The van der Waals surface area contributed by atoms with Gasteiger partial charge >= 0.3 is 0 Å². The molecule has 2 aromatic rings. The van der Waals surface area contributed by atoms with Gasteiger partial charge in [-0.15, -0.1) is 0 Å². The van der Waals surface area contributed by atoms with E-state index >= 15 is 0 Å². The molecule has 104 valence electrons. The van der Waals surface area contributed by atoms with Gasteiger partial charge in [0, 0.05) is 5.56 Å². The summed E-state index contributed by atoms with van der Waals surface area (Å²) in [6, 6.07) is 10.8. The molecule has 0 N–H and O–H groups in total. The van der Waals surface area contributed by atoms with Crippen LogP contribution in [0.5, 0.6) is 5.75 Å². The van der Waals surface area contributed by atoms with Crippen LogP contribution in [0.15, 0.2) is 30.3 Å². The lowest BCUT2D eigenvalue weighted by molar-refractivity contribution is 0.408. The van der Waals surface area contributed by atoms with E-state index in [9.17, 15) is 0 Å². The van der Waals surface area contributed by atoms with Gasteiger partial charge in [-0.2, -0.15) is 0 Å². The molecule has 1 unspecified atom stereocenters. The molecule has 0 radical (unpaired) electrons. The summed E-state index contributed by atoms with van der Waals surface area (Å²) in [5.74, 6) is 1.63. The molecular formula is C18H26O. The zero-order chi connectivity index (χ0) is 14.4. The first kappa shape index (κ1) is 15.6. The third-order valence-electron chi connectivity index (χ3n) is 3.37. The van der Waals surface area contributed by atoms with Gasteiger partial charge in [-0.1, -0.05) is 58.9 Å². The molecule has 1 heteroatoms. The normalized spacial score (nSPS) is 15.2. The summed E-state index contributed by atoms with van der Waals surface area (Å²) in [4.78, 5) is 0. The van der Waals surface area contributed by atoms with E-state index in [4.69, 9.17) is 4.74 Å². The van der Waals surface area contributed by atoms with Gasteiger partial charge in [-0.05, 0) is 34.7 Å². The predicted molar refractivity (Wildman–Crippen MR) is 85.3 cm³/mol. The van der Waals surface area contributed by atoms with Gasteiger partial charge in [0.2, 0.25) is 0 Å². The quantitative estimate of drug-likeness (QED) is 0.650. The van der Waals surface area contributed by atoms with Crippen LogP contribution in [0.3, 0.4) is 0 Å². The van der Waals surface area contributed by atoms with Crippen LogP contribution in [0.2, 0.25) is 0 Å². The van der Waals surface area contributed by atoms with Crippen LogP contribution in [0, 0.1) is 0 Å². The summed E-state index contributed by atoms with van der Waals surface area (Å²) >= 11 is 0. The molecule has 0 heterocycles. The fourth-order valence-corrected chi connectivity index (χ4v) is 2.74. The summed E-state index contributed by atoms with van der Waals surface area (Å²) in [6.45, 7) is 10.3. The average molecular weight is 258 g/mol. The maximum absolute atomic E-state index is 5.45. The number of hydrogen-bond donors (Lipinski definition) is 0. The number of rotatable bonds is 1. The van der Waals surface area contributed by atoms with E-state index in [1.165, 1.54) is 21.9 Å². The van der Waals surface area contributed by atoms with E-state index in [2.05, 4.69) is 37.3 Å². The van der Waals surface area contributed by atoms with Crippen LogP contribution in [0.1, 0.15) is 51.7 Å². The van der Waals surface area contributed by atoms with Crippen molar-refractivity contribution < 1.29 is 4.74 Å². The molecule has 0 amide bonds. The van der Waals surface area contributed by atoms with Crippen molar-refractivity contribution in [3.8, 4) is 5.75 Å². The average Bonchev–Trinajstić information content (AvgIpc) is 2.83. The Morgan fingerprint density at radius 1 is 1.00 bits per heavy atom. The second-order valence-electron chi connectivity index (χ2n) is 4.30. The Labute approximate surface area is 117 Å². The number of hydrogen-bond acceptors (Lipinski definition) is 1. The fraction of sp³-hybridized carbons (Fsp3) is 0.444. The topological polar surface area (TPSA) is 9.23 Å². The minimum Gasteiger partial charge on any atom is -0.496 e. The van der Waals surface area contributed by atoms with E-state index in [0.717, 1.165) is 12.2 Å². The Kier molecular flexibility index (Phi) is 5.88. The van der Waals surface area contributed by atoms with Crippen LogP contribution in [-0.4, -0.2) is 7.11 Å². The predicted octanol–water partition coefficient (Wildman–Crippen LogP) is 5.56. The molecule has 1 atom stereocenters. The lowest BCUT2D eigenvalue weighted by Gasteiger charge is -2.10. The van der Waals surface area contributed by atoms with E-state index in [1.807, 2.05) is 27.7 Å². The first-order valence-corrected chi connectivity index (χ1v) is 7.39. The minimum absolute atomic E-state index is 0.584. The zero-order valence-electron chi connectivity index (χ0n) is 13.1. The standard InChI is InChI=1S/C14H14O.2C2H6/c1-9-8-11-5-3-4-10-6-7-12(15-2)13(9)14(10)11;2*1-2/h3-7,9H,8H2,1-2H3;2*1-2H3. The highest BCUT2D eigenvalue weighted by atomic mass is 16.5. The molecule has 19 heavy (non-hydrogen) atoms. The molecule has 0 aliphatic heterocycles. The van der Waals surface area contributed by atoms with Gasteiger partial charge in [0.1, 0.15) is 5.75 Å². The van der Waals surface area contributed by atoms with E-state index in [0.29, 0.717) is 5.92 Å². The molecule has 0 spiro atoms. The maximum atomic E-state index is 5.45. The van der Waals surface area contributed by atoms with Crippen molar-refractivity contribution in [2.75, 3.05) is 7.11 Å². The van der Waals surface area contributed by atoms with Gasteiger partial charge in [-0.3, -0.25) is 0 Å². The van der Waals surface area contributed by atoms with Crippen LogP contribution in [-0.2, 0) is 6.42 Å². The highest BCUT2D eigenvalue weighted by molar-refractivity contribution is 5.93. The smallest absolute Gasteiger partial charge is 0.122 e. The Hall–Kier alpha value is -1.50. The highest BCUT2D eigenvalue weighted by Gasteiger charge is 2.24. The third kappa shape index (κ3) is 2.75. The van der Waals surface area contributed by atoms with E-state index < -0.39 is 0 Å². The van der Waals surface area contributed by atoms with E-state index in [-0.39, 0.29) is 0 Å². The lowest BCUT2D eigenvalue weighted by atomic mass is 10.0. The van der Waals surface area contributed by atoms with Crippen molar-refractivity contribution in [1.29, 1.82) is 0 Å². The molecule has 1 aliphatic carbocycles. The Bertz CT molecular complexity index is 528. The van der Waals surface area contributed by atoms with Gasteiger partial charge in [0.25, 0.3) is 0 Å². The van der Waals surface area contributed by atoms with Crippen molar-refractivity contribution in [3.63, 3.8) is 0 Å². The SMILES string of the molecule is CC.CC.COc1ccc2cccc3c2c1C(C)C3. The zero-order valence-corrected chi connectivity index (χ0v) is 13.1. The summed E-state index contributed by atoms with van der Waals surface area (Å²) in [5.41, 5.74) is 2.86. The number of methoxy groups -OCH3 is 1. The Morgan fingerprint density at radius 2 is 1.68 bits per heavy atom. The lowest BCUT2D eigenvalue weighted by Crippen LogP contribution is -1.93. The summed E-state index contributed by atoms with van der Waals surface area (Å²) in [5, 5.41) is 2.76. The number of benzene rings is 2. The molecule has 2 aromatic carbocycles. The fourth-order valence-electron chi connectivity index (χ4n) is 2.74. The molecule has 0 saturated heterocycles. The van der Waals surface area contributed by atoms with Gasteiger partial charge < -0.3 is 4.74 Å². The Balaban J connectivity index is 0.000000415. The minimum atomic E-state index is 0.584. The largest absolute Gasteiger partial charge is 0.496 e. The van der Waals surface area contributed by atoms with Crippen molar-refractivity contribution in [2.45, 2.75) is 47.0 Å². The number of ether oxygens (including phenoxy) is 1. The summed E-state index contributed by atoms with van der Waals surface area (Å²) in [7, 11) is 1.76.